The molecule has 0 atom stereocenters. The maximum Gasteiger partial charge on any atom is 0.0467 e. The van der Waals surface area contributed by atoms with Crippen molar-refractivity contribution in [1.82, 2.24) is 0 Å². The van der Waals surface area contributed by atoms with Crippen molar-refractivity contribution < 1.29 is 0 Å². The SMILES string of the molecule is c1ccc(-c2ccc(-c3ccc(N(c4ccc(-c5ccccc5-c5cccc(-c6ccccc6)c5)cc4)c4cccc(-c5ccc(-c6ccccc6)cc5)c4)cc3)cc2)cc1. The molecule has 0 spiro atoms. The molecule has 0 saturated heterocycles. The summed E-state index contributed by atoms with van der Waals surface area (Å²) in [6, 6.07) is 93.9. The van der Waals surface area contributed by atoms with Gasteiger partial charge in [-0.3, -0.25) is 0 Å². The summed E-state index contributed by atoms with van der Waals surface area (Å²) in [5.41, 5.74) is 20.1. The highest BCUT2D eigenvalue weighted by Gasteiger charge is 2.16. The minimum absolute atomic E-state index is 1.09. The van der Waals surface area contributed by atoms with Crippen molar-refractivity contribution in [2.75, 3.05) is 4.90 Å². The van der Waals surface area contributed by atoms with E-state index in [0.29, 0.717) is 0 Å². The van der Waals surface area contributed by atoms with Crippen LogP contribution < -0.4 is 4.90 Å². The van der Waals surface area contributed by atoms with Gasteiger partial charge in [0.25, 0.3) is 0 Å². The Kier molecular flexibility index (Phi) is 10.4. The van der Waals surface area contributed by atoms with E-state index in [1.54, 1.807) is 0 Å². The molecule has 0 radical (unpaired) electrons. The number of anilines is 3. The highest BCUT2D eigenvalue weighted by molar-refractivity contribution is 5.88. The van der Waals surface area contributed by atoms with E-state index in [4.69, 9.17) is 0 Å². The molecule has 10 aromatic rings. The minimum Gasteiger partial charge on any atom is -0.310 e. The molecular weight excluding hydrogens is 735 g/mol. The molecule has 1 heteroatoms. The molecule has 0 N–H and O–H groups in total. The van der Waals surface area contributed by atoms with Gasteiger partial charge < -0.3 is 4.90 Å². The Balaban J connectivity index is 1.00. The summed E-state index contributed by atoms with van der Waals surface area (Å²) in [4.78, 5) is 2.36. The largest absolute Gasteiger partial charge is 0.310 e. The van der Waals surface area contributed by atoms with Crippen LogP contribution in [0.5, 0.6) is 0 Å². The zero-order chi connectivity index (χ0) is 40.8. The van der Waals surface area contributed by atoms with Crippen LogP contribution >= 0.6 is 0 Å². The monoisotopic (exact) mass is 777 g/mol. The van der Waals surface area contributed by atoms with E-state index in [-0.39, 0.29) is 0 Å². The molecule has 0 amide bonds. The van der Waals surface area contributed by atoms with E-state index >= 15 is 0 Å². The lowest BCUT2D eigenvalue weighted by atomic mass is 9.92. The molecule has 61 heavy (non-hydrogen) atoms. The van der Waals surface area contributed by atoms with Crippen molar-refractivity contribution in [3.05, 3.63) is 261 Å². The number of hydrogen-bond donors (Lipinski definition) is 0. The standard InChI is InChI=1S/C60H43N/c1-4-14-44(15-5-1)47-26-28-49(29-27-47)50-34-38-56(39-35-50)61(58-23-13-21-54(43-58)51-32-30-48(31-33-51)45-16-6-2-7-17-45)57-40-36-52(37-41-57)59-24-10-11-25-60(59)55-22-12-20-53(42-55)46-18-8-3-9-19-46/h1-43H. The van der Waals surface area contributed by atoms with Crippen LogP contribution in [0.15, 0.2) is 261 Å². The van der Waals surface area contributed by atoms with Crippen molar-refractivity contribution in [2.45, 2.75) is 0 Å². The lowest BCUT2D eigenvalue weighted by Gasteiger charge is -2.26. The third kappa shape index (κ3) is 8.06. The molecular formula is C60H43N. The van der Waals surface area contributed by atoms with Crippen molar-refractivity contribution >= 4 is 17.1 Å². The zero-order valence-electron chi connectivity index (χ0n) is 33.8. The van der Waals surface area contributed by atoms with Crippen LogP contribution in [0.2, 0.25) is 0 Å². The molecule has 288 valence electrons. The lowest BCUT2D eigenvalue weighted by molar-refractivity contribution is 1.28. The first-order chi connectivity index (χ1) is 30.2. The lowest BCUT2D eigenvalue weighted by Crippen LogP contribution is -2.10. The van der Waals surface area contributed by atoms with Gasteiger partial charge in [0, 0.05) is 17.1 Å². The smallest absolute Gasteiger partial charge is 0.0467 e. The summed E-state index contributed by atoms with van der Waals surface area (Å²) >= 11 is 0. The van der Waals surface area contributed by atoms with E-state index in [2.05, 4.69) is 266 Å². The fourth-order valence-electron chi connectivity index (χ4n) is 8.32. The van der Waals surface area contributed by atoms with Gasteiger partial charge in [0.05, 0.1) is 0 Å². The first kappa shape index (κ1) is 37.3. The summed E-state index contributed by atoms with van der Waals surface area (Å²) in [5, 5.41) is 0. The Morgan fingerprint density at radius 2 is 0.459 bits per heavy atom. The van der Waals surface area contributed by atoms with Gasteiger partial charge in [-0.1, -0.05) is 218 Å². The van der Waals surface area contributed by atoms with Crippen molar-refractivity contribution in [2.24, 2.45) is 0 Å². The van der Waals surface area contributed by atoms with Gasteiger partial charge in [-0.05, 0) is 120 Å². The number of nitrogens with zero attached hydrogens (tertiary/aromatic N) is 1. The molecule has 1 nitrogen and oxygen atoms in total. The highest BCUT2D eigenvalue weighted by Crippen LogP contribution is 2.40. The first-order valence-electron chi connectivity index (χ1n) is 20.9. The van der Waals surface area contributed by atoms with Gasteiger partial charge in [-0.15, -0.1) is 0 Å². The summed E-state index contributed by atoms with van der Waals surface area (Å²) < 4.78 is 0. The quantitative estimate of drug-likeness (QED) is 0.134. The van der Waals surface area contributed by atoms with Gasteiger partial charge in [-0.2, -0.15) is 0 Å². The van der Waals surface area contributed by atoms with E-state index in [1.165, 1.54) is 77.9 Å². The topological polar surface area (TPSA) is 3.24 Å². The van der Waals surface area contributed by atoms with Gasteiger partial charge in [0.2, 0.25) is 0 Å². The maximum atomic E-state index is 2.36. The fourth-order valence-corrected chi connectivity index (χ4v) is 8.32. The van der Waals surface area contributed by atoms with Crippen LogP contribution in [-0.2, 0) is 0 Å². The Labute approximate surface area is 359 Å². The van der Waals surface area contributed by atoms with Crippen LogP contribution in [0, 0.1) is 0 Å². The molecule has 0 unspecified atom stereocenters. The van der Waals surface area contributed by atoms with Crippen LogP contribution in [0.1, 0.15) is 0 Å². The molecule has 0 saturated carbocycles. The van der Waals surface area contributed by atoms with E-state index in [0.717, 1.165) is 17.1 Å². The Morgan fingerprint density at radius 3 is 0.934 bits per heavy atom. The van der Waals surface area contributed by atoms with Crippen LogP contribution in [-0.4, -0.2) is 0 Å². The van der Waals surface area contributed by atoms with Gasteiger partial charge >= 0.3 is 0 Å². The molecule has 10 rings (SSSR count). The van der Waals surface area contributed by atoms with Crippen LogP contribution in [0.25, 0.3) is 77.9 Å². The predicted molar refractivity (Wildman–Crippen MR) is 259 cm³/mol. The maximum absolute atomic E-state index is 2.36. The fraction of sp³-hybridized carbons (Fsp3) is 0. The molecule has 0 aliphatic carbocycles. The van der Waals surface area contributed by atoms with Crippen LogP contribution in [0.3, 0.4) is 0 Å². The molecule has 0 aromatic heterocycles. The van der Waals surface area contributed by atoms with Gasteiger partial charge in [-0.25, -0.2) is 0 Å². The Hall–Kier alpha value is -8.00. The molecule has 0 bridgehead atoms. The van der Waals surface area contributed by atoms with Gasteiger partial charge in [0.15, 0.2) is 0 Å². The molecule has 0 fully saturated rings. The average molecular weight is 778 g/mol. The van der Waals surface area contributed by atoms with E-state index < -0.39 is 0 Å². The molecule has 10 aromatic carbocycles. The highest BCUT2D eigenvalue weighted by atomic mass is 15.1. The summed E-state index contributed by atoms with van der Waals surface area (Å²) in [6.45, 7) is 0. The van der Waals surface area contributed by atoms with E-state index in [9.17, 15) is 0 Å². The van der Waals surface area contributed by atoms with Crippen LogP contribution in [0.4, 0.5) is 17.1 Å². The molecule has 0 heterocycles. The molecule has 0 aliphatic heterocycles. The average Bonchev–Trinajstić information content (AvgIpc) is 3.36. The third-order valence-electron chi connectivity index (χ3n) is 11.5. The minimum atomic E-state index is 1.09. The second-order valence-electron chi connectivity index (χ2n) is 15.4. The van der Waals surface area contributed by atoms with Crippen molar-refractivity contribution in [3.63, 3.8) is 0 Å². The normalized spacial score (nSPS) is 11.0. The number of benzene rings is 10. The number of rotatable bonds is 10. The second-order valence-corrected chi connectivity index (χ2v) is 15.4. The molecule has 0 aliphatic rings. The van der Waals surface area contributed by atoms with Gasteiger partial charge in [0.1, 0.15) is 0 Å². The second kappa shape index (κ2) is 17.1. The Morgan fingerprint density at radius 1 is 0.164 bits per heavy atom. The first-order valence-corrected chi connectivity index (χ1v) is 20.9. The van der Waals surface area contributed by atoms with E-state index in [1.807, 2.05) is 0 Å². The van der Waals surface area contributed by atoms with Crippen molar-refractivity contribution in [3.8, 4) is 77.9 Å². The Bertz CT molecular complexity index is 3010. The summed E-state index contributed by atoms with van der Waals surface area (Å²) in [7, 11) is 0. The number of hydrogen-bond acceptors (Lipinski definition) is 1. The zero-order valence-corrected chi connectivity index (χ0v) is 33.8. The summed E-state index contributed by atoms with van der Waals surface area (Å²) in [6.07, 6.45) is 0. The third-order valence-corrected chi connectivity index (χ3v) is 11.5. The summed E-state index contributed by atoms with van der Waals surface area (Å²) in [5.74, 6) is 0. The van der Waals surface area contributed by atoms with Crippen molar-refractivity contribution in [1.29, 1.82) is 0 Å². The predicted octanol–water partition coefficient (Wildman–Crippen LogP) is 16.8.